The number of benzene rings is 3. The molecule has 1 aromatic heterocycles. The number of methoxy groups -OCH3 is 1. The van der Waals surface area contributed by atoms with Crippen molar-refractivity contribution in [3.8, 4) is 11.1 Å². The zero-order chi connectivity index (χ0) is 24.1. The Balaban J connectivity index is 1.44. The summed E-state index contributed by atoms with van der Waals surface area (Å²) >= 11 is 0. The first kappa shape index (κ1) is 23.2. The van der Waals surface area contributed by atoms with E-state index >= 15 is 0 Å². The fourth-order valence-corrected chi connectivity index (χ4v) is 4.14. The molecule has 4 rings (SSSR count). The molecule has 3 aromatic carbocycles. The Bertz CT molecular complexity index is 1290. The van der Waals surface area contributed by atoms with Gasteiger partial charge in [-0.05, 0) is 41.8 Å². The molecule has 174 valence electrons. The average Bonchev–Trinajstić information content (AvgIpc) is 3.19. The zero-order valence-electron chi connectivity index (χ0n) is 19.7. The third-order valence-electron chi connectivity index (χ3n) is 6.07. The Kier molecular flexibility index (Phi) is 7.07. The van der Waals surface area contributed by atoms with Gasteiger partial charge < -0.3 is 14.6 Å². The molecular formula is C28H29N3O3. The van der Waals surface area contributed by atoms with Crippen molar-refractivity contribution in [3.63, 3.8) is 0 Å². The molecule has 0 aliphatic carbocycles. The monoisotopic (exact) mass is 455 g/mol. The number of nitrogens with zero attached hydrogens (tertiary/aromatic N) is 2. The number of anilines is 2. The van der Waals surface area contributed by atoms with Crippen LogP contribution in [0.15, 0.2) is 72.8 Å². The molecule has 0 aliphatic rings. The number of ether oxygens (including phenoxy) is 1. The van der Waals surface area contributed by atoms with Gasteiger partial charge in [-0.3, -0.25) is 9.59 Å². The van der Waals surface area contributed by atoms with Crippen LogP contribution in [0.1, 0.15) is 36.5 Å². The summed E-state index contributed by atoms with van der Waals surface area (Å²) in [5.74, 6) is 0.0280. The van der Waals surface area contributed by atoms with Gasteiger partial charge in [0.15, 0.2) is 5.78 Å². The molecular weight excluding hydrogens is 426 g/mol. The minimum absolute atomic E-state index is 0.0441. The Labute approximate surface area is 199 Å². The number of carbonyl (C=O) groups is 2. The average molecular weight is 456 g/mol. The molecule has 34 heavy (non-hydrogen) atoms. The normalized spacial score (nSPS) is 11.9. The fraction of sp³-hybridized carbons (Fsp3) is 0.250. The molecule has 0 saturated carbocycles. The molecule has 4 aromatic rings. The van der Waals surface area contributed by atoms with Crippen LogP contribution in [0.2, 0.25) is 0 Å². The van der Waals surface area contributed by atoms with Gasteiger partial charge in [-0.2, -0.15) is 0 Å². The maximum atomic E-state index is 12.7. The van der Waals surface area contributed by atoms with Crippen molar-refractivity contribution in [2.24, 2.45) is 13.0 Å². The first-order chi connectivity index (χ1) is 16.5. The lowest BCUT2D eigenvalue weighted by Crippen LogP contribution is -2.19. The number of aryl methyl sites for hydroxylation is 1. The highest BCUT2D eigenvalue weighted by Gasteiger charge is 2.22. The third-order valence-corrected chi connectivity index (χ3v) is 6.07. The Hall–Kier alpha value is -3.93. The first-order valence-electron chi connectivity index (χ1n) is 11.5. The highest BCUT2D eigenvalue weighted by molar-refractivity contribution is 5.98. The molecule has 0 radical (unpaired) electrons. The molecule has 1 heterocycles. The Morgan fingerprint density at radius 1 is 0.971 bits per heavy atom. The standard InChI is InChI=1S/C28H29N3O3/c1-4-7-22(27(33)34-3)18-26(32)21-12-10-19(11-13-21)20-14-16-23(17-15-20)29-28-30-24-8-5-6-9-25(24)31(28)2/h5-6,8-17,22H,4,7,18H2,1-3H3,(H,29,30). The van der Waals surface area contributed by atoms with Crippen molar-refractivity contribution >= 4 is 34.4 Å². The topological polar surface area (TPSA) is 73.2 Å². The Morgan fingerprint density at radius 2 is 1.62 bits per heavy atom. The van der Waals surface area contributed by atoms with E-state index in [-0.39, 0.29) is 18.2 Å². The lowest BCUT2D eigenvalue weighted by Gasteiger charge is -2.13. The number of nitrogens with one attached hydrogen (secondary N) is 1. The molecule has 0 aliphatic heterocycles. The summed E-state index contributed by atoms with van der Waals surface area (Å²) in [5.41, 5.74) is 5.64. The molecule has 0 amide bonds. The highest BCUT2D eigenvalue weighted by atomic mass is 16.5. The van der Waals surface area contributed by atoms with Crippen LogP contribution in [0.3, 0.4) is 0 Å². The predicted octanol–water partition coefficient (Wildman–Crippen LogP) is 6.15. The number of carbonyl (C=O) groups excluding carboxylic acids is 2. The van der Waals surface area contributed by atoms with E-state index in [1.165, 1.54) is 7.11 Å². The number of aromatic nitrogens is 2. The molecule has 1 atom stereocenters. The first-order valence-corrected chi connectivity index (χ1v) is 11.5. The van der Waals surface area contributed by atoms with Gasteiger partial charge in [0.25, 0.3) is 0 Å². The summed E-state index contributed by atoms with van der Waals surface area (Å²) in [6, 6.07) is 23.7. The van der Waals surface area contributed by atoms with E-state index in [0.29, 0.717) is 12.0 Å². The quantitative estimate of drug-likeness (QED) is 0.242. The smallest absolute Gasteiger partial charge is 0.309 e. The summed E-state index contributed by atoms with van der Waals surface area (Å²) in [5, 5.41) is 3.38. The maximum absolute atomic E-state index is 12.7. The summed E-state index contributed by atoms with van der Waals surface area (Å²) in [6.07, 6.45) is 1.64. The Morgan fingerprint density at radius 3 is 2.24 bits per heavy atom. The van der Waals surface area contributed by atoms with Gasteiger partial charge in [-0.1, -0.05) is 61.9 Å². The summed E-state index contributed by atoms with van der Waals surface area (Å²) in [7, 11) is 3.36. The number of rotatable bonds is 9. The lowest BCUT2D eigenvalue weighted by molar-refractivity contribution is -0.145. The van der Waals surface area contributed by atoms with Crippen LogP contribution < -0.4 is 5.32 Å². The number of hydrogen-bond donors (Lipinski definition) is 1. The third kappa shape index (κ3) is 5.01. The van der Waals surface area contributed by atoms with E-state index in [2.05, 4.69) is 10.3 Å². The van der Waals surface area contributed by atoms with Crippen molar-refractivity contribution < 1.29 is 14.3 Å². The maximum Gasteiger partial charge on any atom is 0.309 e. The van der Waals surface area contributed by atoms with E-state index in [1.54, 1.807) is 0 Å². The van der Waals surface area contributed by atoms with Crippen LogP contribution >= 0.6 is 0 Å². The van der Waals surface area contributed by atoms with Gasteiger partial charge in [0.2, 0.25) is 5.95 Å². The number of ketones is 1. The van der Waals surface area contributed by atoms with E-state index in [4.69, 9.17) is 4.74 Å². The van der Waals surface area contributed by atoms with E-state index in [9.17, 15) is 9.59 Å². The minimum atomic E-state index is -0.390. The second kappa shape index (κ2) is 10.3. The van der Waals surface area contributed by atoms with Gasteiger partial charge in [0, 0.05) is 24.7 Å². The zero-order valence-corrected chi connectivity index (χ0v) is 19.7. The fourth-order valence-electron chi connectivity index (χ4n) is 4.14. The van der Waals surface area contributed by atoms with Gasteiger partial charge in [0.1, 0.15) is 0 Å². The van der Waals surface area contributed by atoms with Gasteiger partial charge in [-0.15, -0.1) is 0 Å². The van der Waals surface area contributed by atoms with Gasteiger partial charge >= 0.3 is 5.97 Å². The van der Waals surface area contributed by atoms with Crippen LogP contribution in [0, 0.1) is 5.92 Å². The SMILES string of the molecule is CCCC(CC(=O)c1ccc(-c2ccc(Nc3nc4ccccc4n3C)cc2)cc1)C(=O)OC. The number of hydrogen-bond acceptors (Lipinski definition) is 5. The van der Waals surface area contributed by atoms with Crippen LogP contribution in [-0.4, -0.2) is 28.4 Å². The van der Waals surface area contributed by atoms with Crippen molar-refractivity contribution in [2.45, 2.75) is 26.2 Å². The van der Waals surface area contributed by atoms with Crippen LogP contribution in [0.5, 0.6) is 0 Å². The molecule has 1 unspecified atom stereocenters. The minimum Gasteiger partial charge on any atom is -0.469 e. The van der Waals surface area contributed by atoms with Crippen molar-refractivity contribution in [3.05, 3.63) is 78.4 Å². The number of fused-ring (bicyclic) bond motifs is 1. The number of para-hydroxylation sites is 2. The molecule has 0 fully saturated rings. The highest BCUT2D eigenvalue weighted by Crippen LogP contribution is 2.26. The largest absolute Gasteiger partial charge is 0.469 e. The van der Waals surface area contributed by atoms with Crippen molar-refractivity contribution in [2.75, 3.05) is 12.4 Å². The number of imidazole rings is 1. The summed E-state index contributed by atoms with van der Waals surface area (Å²) < 4.78 is 6.88. The summed E-state index contributed by atoms with van der Waals surface area (Å²) in [6.45, 7) is 1.99. The molecule has 0 bridgehead atoms. The predicted molar refractivity (Wildman–Crippen MR) is 135 cm³/mol. The molecule has 6 heteroatoms. The second-order valence-corrected chi connectivity index (χ2v) is 8.40. The molecule has 6 nitrogen and oxygen atoms in total. The second-order valence-electron chi connectivity index (χ2n) is 8.40. The van der Waals surface area contributed by atoms with Gasteiger partial charge in [-0.25, -0.2) is 4.98 Å². The number of esters is 1. The molecule has 1 N–H and O–H groups in total. The van der Waals surface area contributed by atoms with Crippen LogP contribution in [-0.2, 0) is 16.6 Å². The summed E-state index contributed by atoms with van der Waals surface area (Å²) in [4.78, 5) is 29.3. The van der Waals surface area contributed by atoms with E-state index in [1.807, 2.05) is 91.3 Å². The van der Waals surface area contributed by atoms with E-state index in [0.717, 1.165) is 40.2 Å². The van der Waals surface area contributed by atoms with Crippen LogP contribution in [0.25, 0.3) is 22.2 Å². The lowest BCUT2D eigenvalue weighted by atomic mass is 9.93. The number of Topliss-reactive ketones (excluding diaryl/α,β-unsaturated/α-hetero) is 1. The van der Waals surface area contributed by atoms with Crippen LogP contribution in [0.4, 0.5) is 11.6 Å². The van der Waals surface area contributed by atoms with E-state index < -0.39 is 5.92 Å². The molecule has 0 spiro atoms. The van der Waals surface area contributed by atoms with Crippen molar-refractivity contribution in [1.29, 1.82) is 0 Å². The molecule has 0 saturated heterocycles. The van der Waals surface area contributed by atoms with Crippen molar-refractivity contribution in [1.82, 2.24) is 9.55 Å². The van der Waals surface area contributed by atoms with Gasteiger partial charge in [0.05, 0.1) is 24.1 Å².